The number of carbonyl (C=O) groups excluding carboxylic acids is 3. The molecule has 3 N–H and O–H groups in total. The molecule has 0 bridgehead atoms. The van der Waals surface area contributed by atoms with Crippen LogP contribution < -0.4 is 20.7 Å². The van der Waals surface area contributed by atoms with Crippen LogP contribution in [0.4, 0.5) is 10.5 Å². The lowest BCUT2D eigenvalue weighted by atomic mass is 10.1. The number of alkyl carbamates (subject to hydrolysis) is 1. The fourth-order valence-electron chi connectivity index (χ4n) is 2.82. The van der Waals surface area contributed by atoms with Crippen molar-refractivity contribution in [3.63, 3.8) is 0 Å². The van der Waals surface area contributed by atoms with E-state index in [9.17, 15) is 14.4 Å². The third-order valence-electron chi connectivity index (χ3n) is 4.27. The summed E-state index contributed by atoms with van der Waals surface area (Å²) in [4.78, 5) is 35.9. The highest BCUT2D eigenvalue weighted by atomic mass is 35.5. The van der Waals surface area contributed by atoms with Crippen LogP contribution in [-0.4, -0.2) is 36.7 Å². The van der Waals surface area contributed by atoms with Crippen LogP contribution in [0.2, 0.25) is 5.02 Å². The molecule has 0 heterocycles. The van der Waals surface area contributed by atoms with E-state index in [-0.39, 0.29) is 25.6 Å². The van der Waals surface area contributed by atoms with Gasteiger partial charge in [-0.3, -0.25) is 9.59 Å². The standard InChI is InChI=1S/C24H30ClN3O5/c1-15-9-19(10-16(2)22(15)25)32-14-21(30)26-12-17-7-6-8-18(11-17)28-20(29)13-27-23(31)33-24(3,4)5/h6-11H,12-14H2,1-5H3,(H,26,30)(H,27,31)(H,28,29). The summed E-state index contributed by atoms with van der Waals surface area (Å²) >= 11 is 6.14. The molecule has 2 aromatic rings. The maximum absolute atomic E-state index is 12.2. The summed E-state index contributed by atoms with van der Waals surface area (Å²) < 4.78 is 10.6. The highest BCUT2D eigenvalue weighted by Crippen LogP contribution is 2.25. The summed E-state index contributed by atoms with van der Waals surface area (Å²) in [5.41, 5.74) is 2.46. The van der Waals surface area contributed by atoms with Crippen molar-refractivity contribution in [1.82, 2.24) is 10.6 Å². The first kappa shape index (κ1) is 26.0. The highest BCUT2D eigenvalue weighted by Gasteiger charge is 2.16. The van der Waals surface area contributed by atoms with Gasteiger partial charge in [0.25, 0.3) is 5.91 Å². The number of amides is 3. The molecule has 0 aliphatic carbocycles. The van der Waals surface area contributed by atoms with E-state index >= 15 is 0 Å². The number of aryl methyl sites for hydroxylation is 2. The Kier molecular flexibility index (Phi) is 9.11. The number of nitrogens with one attached hydrogen (secondary N) is 3. The minimum absolute atomic E-state index is 0.132. The van der Waals surface area contributed by atoms with Gasteiger partial charge in [0, 0.05) is 17.3 Å². The van der Waals surface area contributed by atoms with E-state index in [0.717, 1.165) is 16.7 Å². The van der Waals surface area contributed by atoms with E-state index in [1.54, 1.807) is 51.1 Å². The Labute approximate surface area is 199 Å². The van der Waals surface area contributed by atoms with E-state index in [0.29, 0.717) is 16.5 Å². The zero-order chi connectivity index (χ0) is 24.6. The quantitative estimate of drug-likeness (QED) is 0.532. The molecule has 2 aromatic carbocycles. The molecule has 9 heteroatoms. The van der Waals surface area contributed by atoms with E-state index < -0.39 is 17.6 Å². The fourth-order valence-corrected chi connectivity index (χ4v) is 2.93. The average Bonchev–Trinajstić information content (AvgIpc) is 2.72. The molecule has 0 fully saturated rings. The molecular weight excluding hydrogens is 446 g/mol. The molecule has 0 saturated heterocycles. The molecule has 0 aromatic heterocycles. The summed E-state index contributed by atoms with van der Waals surface area (Å²) in [6, 6.07) is 10.6. The van der Waals surface area contributed by atoms with Crippen LogP contribution in [0.25, 0.3) is 0 Å². The Bertz CT molecular complexity index is 994. The Hall–Kier alpha value is -3.26. The third-order valence-corrected chi connectivity index (χ3v) is 4.87. The van der Waals surface area contributed by atoms with Crippen LogP contribution in [0, 0.1) is 13.8 Å². The van der Waals surface area contributed by atoms with E-state index in [1.807, 2.05) is 19.9 Å². The molecule has 3 amide bonds. The lowest BCUT2D eigenvalue weighted by molar-refractivity contribution is -0.123. The average molecular weight is 476 g/mol. The number of benzene rings is 2. The van der Waals surface area contributed by atoms with Gasteiger partial charge in [0.15, 0.2) is 6.61 Å². The van der Waals surface area contributed by atoms with Crippen molar-refractivity contribution < 1.29 is 23.9 Å². The first-order chi connectivity index (χ1) is 15.4. The van der Waals surface area contributed by atoms with Gasteiger partial charge in [-0.1, -0.05) is 23.7 Å². The molecule has 0 radical (unpaired) electrons. The second-order valence-electron chi connectivity index (χ2n) is 8.54. The van der Waals surface area contributed by atoms with Crippen LogP contribution in [0.15, 0.2) is 36.4 Å². The maximum atomic E-state index is 12.2. The van der Waals surface area contributed by atoms with Gasteiger partial charge >= 0.3 is 6.09 Å². The minimum Gasteiger partial charge on any atom is -0.484 e. The number of carbonyl (C=O) groups is 3. The smallest absolute Gasteiger partial charge is 0.408 e. The lowest BCUT2D eigenvalue weighted by Crippen LogP contribution is -2.37. The summed E-state index contributed by atoms with van der Waals surface area (Å²) in [6.45, 7) is 8.88. The zero-order valence-electron chi connectivity index (χ0n) is 19.5. The van der Waals surface area contributed by atoms with Gasteiger partial charge < -0.3 is 25.4 Å². The fraction of sp³-hybridized carbons (Fsp3) is 0.375. The van der Waals surface area contributed by atoms with Gasteiger partial charge in [-0.2, -0.15) is 0 Å². The number of anilines is 1. The van der Waals surface area contributed by atoms with Gasteiger partial charge in [0.2, 0.25) is 5.91 Å². The molecule has 0 saturated carbocycles. The normalized spacial score (nSPS) is 10.8. The molecular formula is C24H30ClN3O5. The minimum atomic E-state index is -0.666. The van der Waals surface area contributed by atoms with Crippen molar-refractivity contribution in [1.29, 1.82) is 0 Å². The van der Waals surface area contributed by atoms with Crippen molar-refractivity contribution in [3.05, 3.63) is 58.1 Å². The summed E-state index contributed by atoms with van der Waals surface area (Å²) in [6.07, 6.45) is -0.666. The number of hydrogen-bond acceptors (Lipinski definition) is 5. The Morgan fingerprint density at radius 3 is 2.27 bits per heavy atom. The summed E-state index contributed by atoms with van der Waals surface area (Å²) in [7, 11) is 0. The van der Waals surface area contributed by atoms with Crippen LogP contribution in [0.1, 0.15) is 37.5 Å². The van der Waals surface area contributed by atoms with Crippen LogP contribution in [-0.2, 0) is 20.9 Å². The predicted molar refractivity (Wildman–Crippen MR) is 128 cm³/mol. The van der Waals surface area contributed by atoms with Crippen molar-refractivity contribution in [3.8, 4) is 5.75 Å². The van der Waals surface area contributed by atoms with E-state index in [2.05, 4.69) is 16.0 Å². The highest BCUT2D eigenvalue weighted by molar-refractivity contribution is 6.32. The van der Waals surface area contributed by atoms with E-state index in [4.69, 9.17) is 21.1 Å². The molecule has 0 atom stereocenters. The third kappa shape index (κ3) is 9.41. The number of halogens is 1. The first-order valence-corrected chi connectivity index (χ1v) is 10.8. The molecule has 33 heavy (non-hydrogen) atoms. The Morgan fingerprint density at radius 1 is 0.970 bits per heavy atom. The summed E-state index contributed by atoms with van der Waals surface area (Å²) in [5, 5.41) is 8.55. The van der Waals surface area contributed by atoms with E-state index in [1.165, 1.54) is 0 Å². The second kappa shape index (κ2) is 11.6. The van der Waals surface area contributed by atoms with Crippen molar-refractivity contribution in [2.24, 2.45) is 0 Å². The van der Waals surface area contributed by atoms with Gasteiger partial charge in [-0.05, 0) is 75.6 Å². The molecule has 0 aliphatic heterocycles. The predicted octanol–water partition coefficient (Wildman–Crippen LogP) is 4.12. The van der Waals surface area contributed by atoms with Gasteiger partial charge in [0.1, 0.15) is 17.9 Å². The van der Waals surface area contributed by atoms with Gasteiger partial charge in [0.05, 0.1) is 0 Å². The maximum Gasteiger partial charge on any atom is 0.408 e. The molecule has 2 rings (SSSR count). The molecule has 178 valence electrons. The molecule has 0 aliphatic rings. The lowest BCUT2D eigenvalue weighted by Gasteiger charge is -2.19. The summed E-state index contributed by atoms with van der Waals surface area (Å²) in [5.74, 6) is -0.102. The Morgan fingerprint density at radius 2 is 1.64 bits per heavy atom. The topological polar surface area (TPSA) is 106 Å². The zero-order valence-corrected chi connectivity index (χ0v) is 20.3. The second-order valence-corrected chi connectivity index (χ2v) is 8.92. The molecule has 8 nitrogen and oxygen atoms in total. The molecule has 0 unspecified atom stereocenters. The SMILES string of the molecule is Cc1cc(OCC(=O)NCc2cccc(NC(=O)CNC(=O)OC(C)(C)C)c2)cc(C)c1Cl. The number of rotatable bonds is 8. The van der Waals surface area contributed by atoms with Gasteiger partial charge in [-0.25, -0.2) is 4.79 Å². The number of hydrogen-bond donors (Lipinski definition) is 3. The van der Waals surface area contributed by atoms with Crippen LogP contribution in [0.3, 0.4) is 0 Å². The van der Waals surface area contributed by atoms with Gasteiger partial charge in [-0.15, -0.1) is 0 Å². The first-order valence-electron chi connectivity index (χ1n) is 10.4. The largest absolute Gasteiger partial charge is 0.484 e. The van der Waals surface area contributed by atoms with Crippen molar-refractivity contribution in [2.75, 3.05) is 18.5 Å². The molecule has 0 spiro atoms. The number of ether oxygens (including phenoxy) is 2. The van der Waals surface area contributed by atoms with Crippen LogP contribution in [0.5, 0.6) is 5.75 Å². The van der Waals surface area contributed by atoms with Crippen LogP contribution >= 0.6 is 11.6 Å². The van der Waals surface area contributed by atoms with Crippen molar-refractivity contribution >= 4 is 35.2 Å². The van der Waals surface area contributed by atoms with Crippen molar-refractivity contribution in [2.45, 2.75) is 46.8 Å². The monoisotopic (exact) mass is 475 g/mol. The Balaban J connectivity index is 1.79.